The molecule has 0 N–H and O–H groups in total. The van der Waals surface area contributed by atoms with Gasteiger partial charge in [-0.3, -0.25) is 0 Å². The first-order valence-electron chi connectivity index (χ1n) is 18.2. The zero-order chi connectivity index (χ0) is 35.1. The Morgan fingerprint density at radius 3 is 1.98 bits per heavy atom. The summed E-state index contributed by atoms with van der Waals surface area (Å²) in [6.07, 6.45) is 0. The van der Waals surface area contributed by atoms with E-state index in [0.29, 0.717) is 11.8 Å². The van der Waals surface area contributed by atoms with Crippen LogP contribution in [0.3, 0.4) is 0 Å². The first kappa shape index (κ1) is 31.7. The third-order valence-corrected chi connectivity index (χ3v) is 12.4. The summed E-state index contributed by atoms with van der Waals surface area (Å²) >= 11 is 1.96. The molecule has 250 valence electrons. The van der Waals surface area contributed by atoms with Gasteiger partial charge in [-0.2, -0.15) is 4.57 Å². The zero-order valence-corrected chi connectivity index (χ0v) is 31.3. The number of rotatable bonds is 5. The van der Waals surface area contributed by atoms with E-state index < -0.39 is 0 Å². The number of para-hydroxylation sites is 2. The summed E-state index contributed by atoms with van der Waals surface area (Å²) in [6.45, 7) is 14.0. The van der Waals surface area contributed by atoms with Gasteiger partial charge < -0.3 is 0 Å². The lowest BCUT2D eigenvalue weighted by Gasteiger charge is -2.21. The van der Waals surface area contributed by atoms with Gasteiger partial charge in [-0.05, 0) is 94.4 Å². The molecule has 9 aromatic rings. The Hall–Kier alpha value is -5.25. The van der Waals surface area contributed by atoms with E-state index in [4.69, 9.17) is 0 Å². The minimum absolute atomic E-state index is 0.331. The van der Waals surface area contributed by atoms with E-state index in [2.05, 4.69) is 179 Å². The highest BCUT2D eigenvalue weighted by Gasteiger charge is 2.33. The van der Waals surface area contributed by atoms with Gasteiger partial charge in [-0.1, -0.05) is 119 Å². The number of nitrogens with zero attached hydrogens (tertiary/aromatic N) is 2. The van der Waals surface area contributed by atoms with Crippen LogP contribution in [0.2, 0.25) is 0 Å². The molecule has 0 aliphatic heterocycles. The molecule has 2 nitrogen and oxygen atoms in total. The van der Waals surface area contributed by atoms with Crippen LogP contribution in [-0.2, 0) is 7.05 Å². The number of benzene rings is 7. The second-order valence-corrected chi connectivity index (χ2v) is 15.9. The molecule has 0 saturated carbocycles. The van der Waals surface area contributed by atoms with E-state index in [9.17, 15) is 0 Å². The summed E-state index contributed by atoms with van der Waals surface area (Å²) in [5.41, 5.74) is 13.0. The lowest BCUT2D eigenvalue weighted by atomic mass is 9.88. The van der Waals surface area contributed by atoms with E-state index in [1.807, 2.05) is 11.3 Å². The third kappa shape index (κ3) is 4.78. The monoisotopic (exact) mass is 679 g/mol. The van der Waals surface area contributed by atoms with Crippen molar-refractivity contribution in [2.45, 2.75) is 53.4 Å². The van der Waals surface area contributed by atoms with Crippen LogP contribution in [0.5, 0.6) is 0 Å². The number of imidazole rings is 1. The van der Waals surface area contributed by atoms with Crippen LogP contribution in [0.15, 0.2) is 121 Å². The molecule has 9 rings (SSSR count). The number of hydrogen-bond donors (Lipinski definition) is 0. The van der Waals surface area contributed by atoms with Gasteiger partial charge in [-0.15, -0.1) is 11.3 Å². The molecular weight excluding hydrogens is 637 g/mol. The van der Waals surface area contributed by atoms with Crippen LogP contribution in [0.1, 0.15) is 61.8 Å². The molecule has 0 unspecified atom stereocenters. The van der Waals surface area contributed by atoms with E-state index >= 15 is 0 Å². The van der Waals surface area contributed by atoms with Gasteiger partial charge in [0.25, 0.3) is 5.82 Å². The van der Waals surface area contributed by atoms with Crippen molar-refractivity contribution in [2.24, 2.45) is 7.05 Å². The van der Waals surface area contributed by atoms with Crippen LogP contribution < -0.4 is 4.57 Å². The molecule has 0 aliphatic rings. The Balaban J connectivity index is 1.37. The Morgan fingerprint density at radius 2 is 1.24 bits per heavy atom. The minimum Gasteiger partial charge on any atom is -0.225 e. The van der Waals surface area contributed by atoms with Gasteiger partial charge in [0, 0.05) is 36.7 Å². The van der Waals surface area contributed by atoms with Crippen LogP contribution >= 0.6 is 11.3 Å². The number of fused-ring (bicyclic) bond motifs is 8. The van der Waals surface area contributed by atoms with E-state index in [0.717, 1.165) is 0 Å². The summed E-state index contributed by atoms with van der Waals surface area (Å²) in [7, 11) is 2.25. The van der Waals surface area contributed by atoms with Crippen molar-refractivity contribution in [3.8, 4) is 28.2 Å². The summed E-state index contributed by atoms with van der Waals surface area (Å²) < 4.78 is 7.78. The Kier molecular flexibility index (Phi) is 7.42. The molecule has 0 radical (unpaired) electrons. The lowest BCUT2D eigenvalue weighted by Crippen LogP contribution is -2.30. The van der Waals surface area contributed by atoms with Gasteiger partial charge in [0.05, 0.1) is 12.6 Å². The first-order chi connectivity index (χ1) is 24.7. The molecule has 0 bridgehead atoms. The molecule has 3 heteroatoms. The van der Waals surface area contributed by atoms with Crippen LogP contribution in [0, 0.1) is 13.8 Å². The van der Waals surface area contributed by atoms with E-state index in [1.54, 1.807) is 0 Å². The topological polar surface area (TPSA) is 8.81 Å². The SMILES string of the molecule is Cc1c(-c2n(-c3c(C(C)C)cc(-c4ccccc4)cc3C(C)C)c3ccccc3[n+]2C)cc(C)c2c1sc1c3ccc4ccccc4c3ccc12. The first-order valence-corrected chi connectivity index (χ1v) is 19.0. The molecule has 2 heterocycles. The molecule has 7 aromatic carbocycles. The van der Waals surface area contributed by atoms with Gasteiger partial charge in [-0.25, -0.2) is 4.57 Å². The molecule has 2 aromatic heterocycles. The van der Waals surface area contributed by atoms with Crippen molar-refractivity contribution in [1.82, 2.24) is 4.57 Å². The highest BCUT2D eigenvalue weighted by molar-refractivity contribution is 7.27. The molecular formula is C48H43N2S+. The molecule has 51 heavy (non-hydrogen) atoms. The summed E-state index contributed by atoms with van der Waals surface area (Å²) in [5, 5.41) is 8.02. The second-order valence-electron chi connectivity index (χ2n) is 14.9. The van der Waals surface area contributed by atoms with Crippen LogP contribution in [0.4, 0.5) is 0 Å². The summed E-state index contributed by atoms with van der Waals surface area (Å²) in [6, 6.07) is 45.2. The maximum absolute atomic E-state index is 2.59. The summed E-state index contributed by atoms with van der Waals surface area (Å²) in [5.74, 6) is 1.89. The average molecular weight is 680 g/mol. The standard InChI is InChI=1S/C48H43N2S/c1-28(2)39-26-34(32-15-9-8-10-16-32)27-40(29(3)4)45(39)50-43-20-14-13-19-42(43)49(7)48(50)41-25-30(5)44-38-24-23-36-35-18-12-11-17-33(35)21-22-37(36)47(38)51-46(44)31(41)6/h8-29H,1-7H3/q+1. The van der Waals surface area contributed by atoms with Crippen molar-refractivity contribution in [2.75, 3.05) is 0 Å². The van der Waals surface area contributed by atoms with E-state index in [-0.39, 0.29) is 0 Å². The second kappa shape index (κ2) is 11.9. The van der Waals surface area contributed by atoms with Crippen molar-refractivity contribution < 1.29 is 4.57 Å². The van der Waals surface area contributed by atoms with Gasteiger partial charge >= 0.3 is 0 Å². The van der Waals surface area contributed by atoms with Crippen molar-refractivity contribution in [3.63, 3.8) is 0 Å². The van der Waals surface area contributed by atoms with Gasteiger partial charge in [0.2, 0.25) is 0 Å². The van der Waals surface area contributed by atoms with Crippen molar-refractivity contribution >= 4 is 64.1 Å². The summed E-state index contributed by atoms with van der Waals surface area (Å²) in [4.78, 5) is 0. The predicted molar refractivity (Wildman–Crippen MR) is 221 cm³/mol. The Labute approximate surface area is 304 Å². The number of thiophene rings is 1. The predicted octanol–water partition coefficient (Wildman–Crippen LogP) is 13.3. The fourth-order valence-corrected chi connectivity index (χ4v) is 9.92. The molecule has 0 fully saturated rings. The maximum atomic E-state index is 2.59. The van der Waals surface area contributed by atoms with E-state index in [1.165, 1.54) is 103 Å². The van der Waals surface area contributed by atoms with Crippen molar-refractivity contribution in [3.05, 3.63) is 144 Å². The fraction of sp³-hybridized carbons (Fsp3) is 0.188. The lowest BCUT2D eigenvalue weighted by molar-refractivity contribution is -0.633. The molecule has 0 spiro atoms. The zero-order valence-electron chi connectivity index (χ0n) is 30.5. The third-order valence-electron chi connectivity index (χ3n) is 11.1. The highest BCUT2D eigenvalue weighted by atomic mass is 32.1. The van der Waals surface area contributed by atoms with Gasteiger partial charge in [0.1, 0.15) is 5.69 Å². The molecule has 0 saturated heterocycles. The number of aromatic nitrogens is 2. The Morgan fingerprint density at radius 1 is 0.588 bits per heavy atom. The van der Waals surface area contributed by atoms with Gasteiger partial charge in [0.15, 0.2) is 11.0 Å². The quantitative estimate of drug-likeness (QED) is 0.126. The number of aryl methyl sites for hydroxylation is 3. The minimum atomic E-state index is 0.331. The number of hydrogen-bond acceptors (Lipinski definition) is 1. The molecule has 0 aliphatic carbocycles. The Bertz CT molecular complexity index is 2800. The van der Waals surface area contributed by atoms with Crippen LogP contribution in [0.25, 0.3) is 81.0 Å². The van der Waals surface area contributed by atoms with Crippen LogP contribution in [-0.4, -0.2) is 4.57 Å². The van der Waals surface area contributed by atoms with Crippen molar-refractivity contribution in [1.29, 1.82) is 0 Å². The largest absolute Gasteiger partial charge is 0.295 e. The molecule has 0 amide bonds. The average Bonchev–Trinajstić information content (AvgIpc) is 3.69. The molecule has 0 atom stereocenters. The smallest absolute Gasteiger partial charge is 0.225 e. The highest BCUT2D eigenvalue weighted by Crippen LogP contribution is 2.46. The maximum Gasteiger partial charge on any atom is 0.295 e. The fourth-order valence-electron chi connectivity index (χ4n) is 8.51. The normalized spacial score (nSPS) is 12.2.